The van der Waals surface area contributed by atoms with E-state index in [1.807, 2.05) is 0 Å². The lowest BCUT2D eigenvalue weighted by molar-refractivity contribution is -0.144. The van der Waals surface area contributed by atoms with E-state index in [2.05, 4.69) is 0 Å². The molecule has 0 aliphatic carbocycles. The van der Waals surface area contributed by atoms with Crippen LogP contribution in [0.4, 0.5) is 0 Å². The summed E-state index contributed by atoms with van der Waals surface area (Å²) in [4.78, 5) is 11.3. The van der Waals surface area contributed by atoms with Crippen LogP contribution >= 0.6 is 0 Å². The second-order valence-corrected chi connectivity index (χ2v) is 5.74. The lowest BCUT2D eigenvalue weighted by Crippen LogP contribution is -2.49. The average Bonchev–Trinajstić information content (AvgIpc) is 2.43. The number of sulfonamides is 1. The zero-order valence-electron chi connectivity index (χ0n) is 8.93. The molecule has 0 bridgehead atoms. The topological polar surface area (TPSA) is 83.9 Å². The highest BCUT2D eigenvalue weighted by atomic mass is 32.2. The zero-order valence-corrected chi connectivity index (χ0v) is 9.74. The number of rotatable bonds is 3. The summed E-state index contributed by atoms with van der Waals surface area (Å²) < 4.78 is 28.5. The van der Waals surface area contributed by atoms with Gasteiger partial charge < -0.3 is 9.84 Å². The van der Waals surface area contributed by atoms with Crippen LogP contribution in [0.2, 0.25) is 0 Å². The van der Waals surface area contributed by atoms with E-state index >= 15 is 0 Å². The number of methoxy groups -OCH3 is 1. The summed E-state index contributed by atoms with van der Waals surface area (Å²) in [5.41, 5.74) is -1.72. The van der Waals surface area contributed by atoms with Gasteiger partial charge in [-0.15, -0.1) is 0 Å². The molecular weight excluding hydrogens is 222 g/mol. The van der Waals surface area contributed by atoms with Crippen molar-refractivity contribution >= 4 is 15.8 Å². The largest absolute Gasteiger partial charge is 0.378 e. The van der Waals surface area contributed by atoms with Crippen molar-refractivity contribution in [2.75, 3.05) is 26.5 Å². The molecule has 88 valence electrons. The molecule has 1 saturated heterocycles. The van der Waals surface area contributed by atoms with Gasteiger partial charge in [-0.1, -0.05) is 0 Å². The molecule has 0 amide bonds. The minimum Gasteiger partial charge on any atom is -0.378 e. The van der Waals surface area contributed by atoms with Crippen molar-refractivity contribution in [2.24, 2.45) is 0 Å². The molecule has 0 spiro atoms. The molecule has 0 aromatic rings. The lowest BCUT2D eigenvalue weighted by atomic mass is 9.96. The van der Waals surface area contributed by atoms with Crippen LogP contribution in [-0.4, -0.2) is 61.8 Å². The Morgan fingerprint density at radius 2 is 2.13 bits per heavy atom. The Labute approximate surface area is 88.9 Å². The summed E-state index contributed by atoms with van der Waals surface area (Å²) in [6.45, 7) is 0.989. The van der Waals surface area contributed by atoms with Gasteiger partial charge in [0.15, 0.2) is 11.4 Å². The number of carbonyl (C=O) groups is 1. The number of hydrogen-bond acceptors (Lipinski definition) is 5. The van der Waals surface area contributed by atoms with Gasteiger partial charge in [0, 0.05) is 13.7 Å². The van der Waals surface area contributed by atoms with Crippen molar-refractivity contribution in [2.45, 2.75) is 18.6 Å². The van der Waals surface area contributed by atoms with Gasteiger partial charge in [0.25, 0.3) is 0 Å². The fraction of sp³-hybridized carbons (Fsp3) is 0.875. The molecule has 1 fully saturated rings. The second-order valence-electron chi connectivity index (χ2n) is 3.76. The number of ketones is 1. The van der Waals surface area contributed by atoms with Gasteiger partial charge in [0.1, 0.15) is 6.10 Å². The number of aliphatic hydroxyl groups is 1. The number of carbonyl (C=O) groups excluding carboxylic acids is 1. The first-order valence-electron chi connectivity index (χ1n) is 4.43. The third-order valence-corrected chi connectivity index (χ3v) is 3.90. The maximum atomic E-state index is 11.3. The van der Waals surface area contributed by atoms with E-state index in [0.717, 1.165) is 10.6 Å². The lowest BCUT2D eigenvalue weighted by Gasteiger charge is -2.24. The van der Waals surface area contributed by atoms with Crippen LogP contribution < -0.4 is 0 Å². The highest BCUT2D eigenvalue weighted by molar-refractivity contribution is 7.88. The predicted octanol–water partition coefficient (Wildman–Crippen LogP) is -1.40. The maximum Gasteiger partial charge on any atom is 0.211 e. The molecule has 0 radical (unpaired) electrons. The van der Waals surface area contributed by atoms with E-state index in [0.29, 0.717) is 0 Å². The van der Waals surface area contributed by atoms with Crippen LogP contribution in [0.15, 0.2) is 0 Å². The molecular formula is C8H15NO5S. The Bertz CT molecular complexity index is 365. The summed E-state index contributed by atoms with van der Waals surface area (Å²) in [5.74, 6) is -0.486. The van der Waals surface area contributed by atoms with Crippen LogP contribution in [0.1, 0.15) is 6.92 Å². The van der Waals surface area contributed by atoms with Crippen molar-refractivity contribution in [3.05, 3.63) is 0 Å². The highest BCUT2D eigenvalue weighted by Gasteiger charge is 2.51. The van der Waals surface area contributed by atoms with Gasteiger partial charge in [-0.3, -0.25) is 4.79 Å². The van der Waals surface area contributed by atoms with Crippen molar-refractivity contribution in [1.29, 1.82) is 0 Å². The molecule has 0 unspecified atom stereocenters. The SMILES string of the molecule is CO[C@H]1CN(S(C)(=O)=O)C[C@@]1(O)C(C)=O. The predicted molar refractivity (Wildman–Crippen MR) is 52.8 cm³/mol. The Kier molecular flexibility index (Phi) is 3.20. The molecule has 7 heteroatoms. The molecule has 0 aromatic carbocycles. The normalized spacial score (nSPS) is 33.2. The van der Waals surface area contributed by atoms with Crippen molar-refractivity contribution in [1.82, 2.24) is 4.31 Å². The van der Waals surface area contributed by atoms with Gasteiger partial charge in [0.05, 0.1) is 12.8 Å². The summed E-state index contributed by atoms with van der Waals surface area (Å²) in [7, 11) is -2.07. The van der Waals surface area contributed by atoms with Crippen LogP contribution in [0.3, 0.4) is 0 Å². The molecule has 1 heterocycles. The summed E-state index contributed by atoms with van der Waals surface area (Å²) in [6, 6.07) is 0. The van der Waals surface area contributed by atoms with Gasteiger partial charge in [-0.05, 0) is 6.92 Å². The van der Waals surface area contributed by atoms with Gasteiger partial charge in [0.2, 0.25) is 10.0 Å². The minimum absolute atomic E-state index is 0.00537. The van der Waals surface area contributed by atoms with Crippen LogP contribution in [0.25, 0.3) is 0 Å². The van der Waals surface area contributed by atoms with Crippen LogP contribution in [0.5, 0.6) is 0 Å². The minimum atomic E-state index is -3.41. The summed E-state index contributed by atoms with van der Waals surface area (Å²) >= 11 is 0. The zero-order chi connectivity index (χ0) is 11.9. The van der Waals surface area contributed by atoms with Crippen molar-refractivity contribution in [3.63, 3.8) is 0 Å². The Morgan fingerprint density at radius 1 is 1.60 bits per heavy atom. The van der Waals surface area contributed by atoms with Gasteiger partial charge >= 0.3 is 0 Å². The van der Waals surface area contributed by atoms with Gasteiger partial charge in [-0.2, -0.15) is 4.31 Å². The van der Waals surface area contributed by atoms with E-state index in [1.54, 1.807) is 0 Å². The standard InChI is InChI=1S/C8H15NO5S/c1-6(10)8(11)5-9(15(3,12)13)4-7(8)14-2/h7,11H,4-5H2,1-3H3/t7-,8+/m0/s1. The molecule has 1 aliphatic rings. The Hall–Kier alpha value is -0.500. The van der Waals surface area contributed by atoms with Crippen LogP contribution in [0, 0.1) is 0 Å². The summed E-state index contributed by atoms with van der Waals surface area (Å²) in [6.07, 6.45) is 0.232. The highest BCUT2D eigenvalue weighted by Crippen LogP contribution is 2.26. The maximum absolute atomic E-state index is 11.3. The first-order chi connectivity index (χ1) is 6.71. The molecule has 0 aromatic heterocycles. The quantitative estimate of drug-likeness (QED) is 0.652. The van der Waals surface area contributed by atoms with Crippen LogP contribution in [-0.2, 0) is 19.6 Å². The number of nitrogens with zero attached hydrogens (tertiary/aromatic N) is 1. The molecule has 15 heavy (non-hydrogen) atoms. The molecule has 2 atom stereocenters. The first kappa shape index (κ1) is 12.6. The number of Topliss-reactive ketones (excluding diaryl/α,β-unsaturated/α-hetero) is 1. The van der Waals surface area contributed by atoms with Crippen molar-refractivity contribution < 1.29 is 23.1 Å². The van der Waals surface area contributed by atoms with Gasteiger partial charge in [-0.25, -0.2) is 8.42 Å². The summed E-state index contributed by atoms with van der Waals surface area (Å²) in [5, 5.41) is 9.98. The number of hydrogen-bond donors (Lipinski definition) is 1. The molecule has 6 nitrogen and oxygen atoms in total. The third-order valence-electron chi connectivity index (χ3n) is 2.68. The molecule has 1 aliphatic heterocycles. The second kappa shape index (κ2) is 3.82. The van der Waals surface area contributed by atoms with E-state index < -0.39 is 27.5 Å². The third kappa shape index (κ3) is 2.20. The number of ether oxygens (including phenoxy) is 1. The van der Waals surface area contributed by atoms with E-state index in [4.69, 9.17) is 4.74 Å². The van der Waals surface area contributed by atoms with E-state index in [9.17, 15) is 18.3 Å². The first-order valence-corrected chi connectivity index (χ1v) is 6.28. The fourth-order valence-corrected chi connectivity index (χ4v) is 2.47. The van der Waals surface area contributed by atoms with E-state index in [1.165, 1.54) is 14.0 Å². The smallest absolute Gasteiger partial charge is 0.211 e. The molecule has 0 saturated carbocycles. The Balaban J connectivity index is 2.99. The van der Waals surface area contributed by atoms with E-state index in [-0.39, 0.29) is 13.1 Å². The number of β-amino-alcohol motifs (C(OH)–C–C–N with tert-alkyl or cyclic N) is 1. The monoisotopic (exact) mass is 237 g/mol. The molecule has 1 N–H and O–H groups in total. The molecule has 1 rings (SSSR count). The van der Waals surface area contributed by atoms with Crippen molar-refractivity contribution in [3.8, 4) is 0 Å². The fourth-order valence-electron chi connectivity index (χ4n) is 1.63. The average molecular weight is 237 g/mol. The Morgan fingerprint density at radius 3 is 2.40 bits per heavy atom.